The molecular weight excluding hydrogens is 136 g/mol. The molecule has 0 saturated heterocycles. The van der Waals surface area contributed by atoms with Crippen LogP contribution in [-0.4, -0.2) is 12.4 Å². The fraction of sp³-hybridized carbons (Fsp3) is 0.889. The van der Waals surface area contributed by atoms with E-state index in [1.165, 1.54) is 0 Å². The molecular formula is C9H20N2. The third-order valence-electron chi connectivity index (χ3n) is 2.30. The second-order valence-corrected chi connectivity index (χ2v) is 4.10. The summed E-state index contributed by atoms with van der Waals surface area (Å²) < 4.78 is 0. The van der Waals surface area contributed by atoms with Crippen molar-refractivity contribution in [2.75, 3.05) is 6.54 Å². The van der Waals surface area contributed by atoms with E-state index in [0.717, 1.165) is 6.54 Å². The zero-order valence-electron chi connectivity index (χ0n) is 8.31. The highest BCUT2D eigenvalue weighted by Crippen LogP contribution is 2.25. The van der Waals surface area contributed by atoms with Crippen LogP contribution in [0, 0.1) is 11.3 Å². The first-order valence-electron chi connectivity index (χ1n) is 4.13. The van der Waals surface area contributed by atoms with Gasteiger partial charge >= 0.3 is 0 Å². The number of aliphatic imine (C=N–C) groups is 1. The molecule has 0 aliphatic rings. The van der Waals surface area contributed by atoms with Gasteiger partial charge in [0.15, 0.2) is 0 Å². The standard InChI is InChI=1S/C9H20N2/c1-7(2)9(4,5)6-11-8(3)10/h7H,6H2,1-5H3,(H2,10,11). The summed E-state index contributed by atoms with van der Waals surface area (Å²) in [5, 5.41) is 0. The molecule has 0 spiro atoms. The molecule has 0 atom stereocenters. The van der Waals surface area contributed by atoms with Crippen molar-refractivity contribution in [1.82, 2.24) is 0 Å². The summed E-state index contributed by atoms with van der Waals surface area (Å²) >= 11 is 0. The van der Waals surface area contributed by atoms with Gasteiger partial charge in [0.25, 0.3) is 0 Å². The molecule has 2 N–H and O–H groups in total. The molecule has 66 valence electrons. The molecule has 0 aromatic carbocycles. The summed E-state index contributed by atoms with van der Waals surface area (Å²) in [4.78, 5) is 4.21. The zero-order chi connectivity index (χ0) is 9.07. The van der Waals surface area contributed by atoms with E-state index in [2.05, 4.69) is 32.7 Å². The second-order valence-electron chi connectivity index (χ2n) is 4.10. The van der Waals surface area contributed by atoms with Crippen molar-refractivity contribution in [2.24, 2.45) is 22.1 Å². The summed E-state index contributed by atoms with van der Waals surface area (Å²) in [5.74, 6) is 1.32. The maximum absolute atomic E-state index is 5.45. The first kappa shape index (κ1) is 10.5. The Morgan fingerprint density at radius 1 is 1.45 bits per heavy atom. The van der Waals surface area contributed by atoms with Gasteiger partial charge in [-0.15, -0.1) is 0 Å². The molecule has 0 fully saturated rings. The van der Waals surface area contributed by atoms with Gasteiger partial charge in [0.1, 0.15) is 0 Å². The number of rotatable bonds is 3. The lowest BCUT2D eigenvalue weighted by Crippen LogP contribution is -2.24. The minimum Gasteiger partial charge on any atom is -0.388 e. The lowest BCUT2D eigenvalue weighted by molar-refractivity contribution is 0.262. The number of nitrogens with zero attached hydrogens (tertiary/aromatic N) is 1. The van der Waals surface area contributed by atoms with Gasteiger partial charge in [-0.1, -0.05) is 27.7 Å². The molecule has 0 unspecified atom stereocenters. The molecule has 2 nitrogen and oxygen atoms in total. The summed E-state index contributed by atoms with van der Waals surface area (Å²) in [5.41, 5.74) is 5.71. The molecule has 11 heavy (non-hydrogen) atoms. The van der Waals surface area contributed by atoms with E-state index in [-0.39, 0.29) is 5.41 Å². The Kier molecular flexibility index (Phi) is 3.56. The van der Waals surface area contributed by atoms with Crippen molar-refractivity contribution in [3.63, 3.8) is 0 Å². The van der Waals surface area contributed by atoms with Crippen LogP contribution in [0.5, 0.6) is 0 Å². The van der Waals surface area contributed by atoms with Crippen LogP contribution >= 0.6 is 0 Å². The molecule has 2 heteroatoms. The highest BCUT2D eigenvalue weighted by Gasteiger charge is 2.21. The van der Waals surface area contributed by atoms with Gasteiger partial charge in [0, 0.05) is 6.54 Å². The Bertz CT molecular complexity index is 142. The van der Waals surface area contributed by atoms with Crippen molar-refractivity contribution in [1.29, 1.82) is 0 Å². The van der Waals surface area contributed by atoms with Gasteiger partial charge in [-0.05, 0) is 18.3 Å². The van der Waals surface area contributed by atoms with E-state index < -0.39 is 0 Å². The molecule has 0 rings (SSSR count). The fourth-order valence-electron chi connectivity index (χ4n) is 0.511. The van der Waals surface area contributed by atoms with Crippen LogP contribution in [0.3, 0.4) is 0 Å². The normalized spacial score (nSPS) is 14.2. The third kappa shape index (κ3) is 4.02. The van der Waals surface area contributed by atoms with E-state index >= 15 is 0 Å². The number of hydrogen-bond donors (Lipinski definition) is 1. The van der Waals surface area contributed by atoms with Crippen LogP contribution in [0.15, 0.2) is 4.99 Å². The molecule has 0 bridgehead atoms. The Labute approximate surface area is 69.9 Å². The van der Waals surface area contributed by atoms with E-state index in [1.807, 2.05) is 6.92 Å². The molecule has 0 aromatic rings. The van der Waals surface area contributed by atoms with Crippen LogP contribution < -0.4 is 5.73 Å². The molecule has 0 radical (unpaired) electrons. The monoisotopic (exact) mass is 156 g/mol. The lowest BCUT2D eigenvalue weighted by atomic mass is 9.81. The predicted molar refractivity (Wildman–Crippen MR) is 50.8 cm³/mol. The Morgan fingerprint density at radius 3 is 2.18 bits per heavy atom. The highest BCUT2D eigenvalue weighted by molar-refractivity contribution is 5.77. The van der Waals surface area contributed by atoms with Crippen molar-refractivity contribution in [3.05, 3.63) is 0 Å². The van der Waals surface area contributed by atoms with Crippen LogP contribution in [0.1, 0.15) is 34.6 Å². The highest BCUT2D eigenvalue weighted by atomic mass is 14.8. The van der Waals surface area contributed by atoms with E-state index in [0.29, 0.717) is 11.8 Å². The number of amidine groups is 1. The maximum atomic E-state index is 5.45. The summed E-state index contributed by atoms with van der Waals surface area (Å²) in [6, 6.07) is 0. The van der Waals surface area contributed by atoms with Crippen LogP contribution in [0.4, 0.5) is 0 Å². The van der Waals surface area contributed by atoms with Gasteiger partial charge in [0.2, 0.25) is 0 Å². The predicted octanol–water partition coefficient (Wildman–Crippen LogP) is 2.05. The van der Waals surface area contributed by atoms with Crippen molar-refractivity contribution in [2.45, 2.75) is 34.6 Å². The molecule has 0 aromatic heterocycles. The summed E-state index contributed by atoms with van der Waals surface area (Å²) in [7, 11) is 0. The van der Waals surface area contributed by atoms with E-state index in [4.69, 9.17) is 5.73 Å². The zero-order valence-corrected chi connectivity index (χ0v) is 8.31. The van der Waals surface area contributed by atoms with E-state index in [1.54, 1.807) is 0 Å². The van der Waals surface area contributed by atoms with Gasteiger partial charge in [-0.25, -0.2) is 0 Å². The topological polar surface area (TPSA) is 38.4 Å². The Hall–Kier alpha value is -0.530. The fourth-order valence-corrected chi connectivity index (χ4v) is 0.511. The van der Waals surface area contributed by atoms with Gasteiger partial charge in [-0.2, -0.15) is 0 Å². The van der Waals surface area contributed by atoms with Crippen molar-refractivity contribution >= 4 is 5.84 Å². The average Bonchev–Trinajstić information content (AvgIpc) is 1.84. The van der Waals surface area contributed by atoms with Gasteiger partial charge < -0.3 is 5.73 Å². The molecule has 0 aliphatic carbocycles. The largest absolute Gasteiger partial charge is 0.388 e. The minimum absolute atomic E-state index is 0.265. The SMILES string of the molecule is CC(N)=NCC(C)(C)C(C)C. The van der Waals surface area contributed by atoms with Crippen molar-refractivity contribution < 1.29 is 0 Å². The quantitative estimate of drug-likeness (QED) is 0.493. The average molecular weight is 156 g/mol. The number of nitrogens with two attached hydrogens (primary N) is 1. The minimum atomic E-state index is 0.265. The lowest BCUT2D eigenvalue weighted by Gasteiger charge is -2.26. The third-order valence-corrected chi connectivity index (χ3v) is 2.30. The summed E-state index contributed by atoms with van der Waals surface area (Å²) in [6.45, 7) is 11.5. The van der Waals surface area contributed by atoms with Gasteiger partial charge in [0.05, 0.1) is 5.84 Å². The second kappa shape index (κ2) is 3.74. The van der Waals surface area contributed by atoms with Crippen LogP contribution in [0.2, 0.25) is 0 Å². The first-order chi connectivity index (χ1) is 4.86. The maximum Gasteiger partial charge on any atom is 0.0905 e. The molecule has 0 aliphatic heterocycles. The smallest absolute Gasteiger partial charge is 0.0905 e. The first-order valence-corrected chi connectivity index (χ1v) is 4.13. The van der Waals surface area contributed by atoms with Gasteiger partial charge in [-0.3, -0.25) is 4.99 Å². The van der Waals surface area contributed by atoms with E-state index in [9.17, 15) is 0 Å². The van der Waals surface area contributed by atoms with Crippen molar-refractivity contribution in [3.8, 4) is 0 Å². The van der Waals surface area contributed by atoms with Crippen LogP contribution in [0.25, 0.3) is 0 Å². The summed E-state index contributed by atoms with van der Waals surface area (Å²) in [6.07, 6.45) is 0. The van der Waals surface area contributed by atoms with Crippen LogP contribution in [-0.2, 0) is 0 Å². The Balaban J connectivity index is 4.03. The number of hydrogen-bond acceptors (Lipinski definition) is 1. The Morgan fingerprint density at radius 2 is 1.91 bits per heavy atom. The molecule has 0 saturated carbocycles. The molecule has 0 amide bonds. The molecule has 0 heterocycles.